The number of allylic oxidation sites excluding steroid dienone is 1. The Balaban J connectivity index is 2.17. The Bertz CT molecular complexity index is 1160. The maximum Gasteiger partial charge on any atom is 0.244 e. The van der Waals surface area contributed by atoms with E-state index >= 15 is 0 Å². The van der Waals surface area contributed by atoms with Gasteiger partial charge in [-0.15, -0.1) is 0 Å². The standard InChI is InChI=1S/C26H31NO6/c1-7-32-25-17(3)26-21(14-19(25)16(2)12-24(28)27-10-11-29-4)22(15-33-26)20-13-18(30-5)8-9-23(20)31-6/h8-9,12-15H,7,10-11H2,1-6H3,(H,27,28)/b16-12+. The normalized spacial score (nSPS) is 11.5. The number of nitrogens with one attached hydrogen (secondary N) is 1. The van der Waals surface area contributed by atoms with Gasteiger partial charge in [0.05, 0.1) is 33.7 Å². The second kappa shape index (κ2) is 10.9. The molecule has 0 aliphatic rings. The first-order chi connectivity index (χ1) is 15.9. The summed E-state index contributed by atoms with van der Waals surface area (Å²) in [7, 11) is 4.85. The van der Waals surface area contributed by atoms with Gasteiger partial charge in [0, 0.05) is 47.4 Å². The number of ether oxygens (including phenoxy) is 4. The van der Waals surface area contributed by atoms with Crippen molar-refractivity contribution in [2.24, 2.45) is 0 Å². The molecule has 7 nitrogen and oxygen atoms in total. The first-order valence-electron chi connectivity index (χ1n) is 10.8. The molecule has 7 heteroatoms. The van der Waals surface area contributed by atoms with Gasteiger partial charge in [-0.2, -0.15) is 0 Å². The highest BCUT2D eigenvalue weighted by molar-refractivity contribution is 6.02. The van der Waals surface area contributed by atoms with Crippen molar-refractivity contribution in [1.82, 2.24) is 5.32 Å². The topological polar surface area (TPSA) is 79.2 Å². The predicted octanol–water partition coefficient (Wildman–Crippen LogP) is 4.99. The van der Waals surface area contributed by atoms with Crippen LogP contribution in [0.4, 0.5) is 0 Å². The Morgan fingerprint density at radius 1 is 1.12 bits per heavy atom. The first-order valence-corrected chi connectivity index (χ1v) is 10.8. The molecule has 3 aromatic rings. The lowest BCUT2D eigenvalue weighted by Gasteiger charge is -2.15. The highest BCUT2D eigenvalue weighted by Gasteiger charge is 2.21. The van der Waals surface area contributed by atoms with E-state index in [1.165, 1.54) is 0 Å². The van der Waals surface area contributed by atoms with Crippen molar-refractivity contribution >= 4 is 22.4 Å². The van der Waals surface area contributed by atoms with Crippen molar-refractivity contribution in [3.63, 3.8) is 0 Å². The molecule has 1 aromatic heterocycles. The third kappa shape index (κ3) is 5.14. The third-order valence-corrected chi connectivity index (χ3v) is 5.41. The Morgan fingerprint density at radius 2 is 1.91 bits per heavy atom. The van der Waals surface area contributed by atoms with E-state index in [0.29, 0.717) is 37.0 Å². The lowest BCUT2D eigenvalue weighted by molar-refractivity contribution is -0.116. The third-order valence-electron chi connectivity index (χ3n) is 5.41. The average Bonchev–Trinajstić information content (AvgIpc) is 3.24. The van der Waals surface area contributed by atoms with Crippen LogP contribution in [0.3, 0.4) is 0 Å². The summed E-state index contributed by atoms with van der Waals surface area (Å²) >= 11 is 0. The van der Waals surface area contributed by atoms with Crippen LogP contribution < -0.4 is 19.5 Å². The van der Waals surface area contributed by atoms with Crippen molar-refractivity contribution in [1.29, 1.82) is 0 Å². The molecular weight excluding hydrogens is 422 g/mol. The molecule has 0 aliphatic heterocycles. The van der Waals surface area contributed by atoms with E-state index in [-0.39, 0.29) is 5.91 Å². The van der Waals surface area contributed by atoms with Gasteiger partial charge in [0.15, 0.2) is 0 Å². The Morgan fingerprint density at radius 3 is 2.58 bits per heavy atom. The number of aryl methyl sites for hydroxylation is 1. The number of fused-ring (bicyclic) bond motifs is 1. The van der Waals surface area contributed by atoms with Crippen LogP contribution in [0.2, 0.25) is 0 Å². The zero-order valence-corrected chi connectivity index (χ0v) is 20.0. The lowest BCUT2D eigenvalue weighted by atomic mass is 9.96. The Labute approximate surface area is 194 Å². The van der Waals surface area contributed by atoms with Crippen LogP contribution in [-0.4, -0.2) is 47.0 Å². The highest BCUT2D eigenvalue weighted by atomic mass is 16.5. The average molecular weight is 454 g/mol. The molecule has 0 saturated carbocycles. The molecule has 33 heavy (non-hydrogen) atoms. The molecular formula is C26H31NO6. The summed E-state index contributed by atoms with van der Waals surface area (Å²) in [6.45, 7) is 7.16. The zero-order valence-electron chi connectivity index (χ0n) is 20.0. The van der Waals surface area contributed by atoms with E-state index in [9.17, 15) is 4.79 Å². The second-order valence-electron chi connectivity index (χ2n) is 7.51. The second-order valence-corrected chi connectivity index (χ2v) is 7.51. The molecule has 1 N–H and O–H groups in total. The van der Waals surface area contributed by atoms with E-state index in [4.69, 9.17) is 23.4 Å². The minimum atomic E-state index is -0.188. The summed E-state index contributed by atoms with van der Waals surface area (Å²) in [6, 6.07) is 7.63. The van der Waals surface area contributed by atoms with Crippen LogP contribution in [-0.2, 0) is 9.53 Å². The van der Waals surface area contributed by atoms with Gasteiger partial charge in [0.25, 0.3) is 0 Å². The molecule has 0 unspecified atom stereocenters. The van der Waals surface area contributed by atoms with Gasteiger partial charge in [-0.1, -0.05) is 0 Å². The van der Waals surface area contributed by atoms with Crippen LogP contribution in [0, 0.1) is 6.92 Å². The maximum absolute atomic E-state index is 12.4. The molecule has 176 valence electrons. The fourth-order valence-corrected chi connectivity index (χ4v) is 3.77. The van der Waals surface area contributed by atoms with E-state index < -0.39 is 0 Å². The molecule has 0 fully saturated rings. The molecule has 1 amide bonds. The number of methoxy groups -OCH3 is 3. The SMILES string of the molecule is CCOc1c(/C(C)=C/C(=O)NCCOC)cc2c(-c3cc(OC)ccc3OC)coc2c1C. The summed E-state index contributed by atoms with van der Waals surface area (Å²) in [5.41, 5.74) is 4.91. The maximum atomic E-state index is 12.4. The molecule has 3 rings (SSSR count). The van der Waals surface area contributed by atoms with Gasteiger partial charge in [-0.25, -0.2) is 0 Å². The number of hydrogen-bond acceptors (Lipinski definition) is 6. The first kappa shape index (κ1) is 24.2. The van der Waals surface area contributed by atoms with Gasteiger partial charge in [-0.05, 0) is 50.6 Å². The molecule has 1 heterocycles. The number of rotatable bonds is 10. The zero-order chi connectivity index (χ0) is 24.0. The van der Waals surface area contributed by atoms with Crippen molar-refractivity contribution in [2.45, 2.75) is 20.8 Å². The van der Waals surface area contributed by atoms with Crippen molar-refractivity contribution < 1.29 is 28.2 Å². The molecule has 0 radical (unpaired) electrons. The predicted molar refractivity (Wildman–Crippen MR) is 129 cm³/mol. The number of benzene rings is 2. The van der Waals surface area contributed by atoms with E-state index in [2.05, 4.69) is 5.32 Å². The molecule has 0 atom stereocenters. The fourth-order valence-electron chi connectivity index (χ4n) is 3.77. The number of furan rings is 1. The molecule has 0 bridgehead atoms. The summed E-state index contributed by atoms with van der Waals surface area (Å²) < 4.78 is 28.0. The Hall–Kier alpha value is -3.45. The molecule has 0 saturated heterocycles. The van der Waals surface area contributed by atoms with E-state index in [0.717, 1.165) is 38.8 Å². The van der Waals surface area contributed by atoms with Gasteiger partial charge in [0.1, 0.15) is 22.8 Å². The van der Waals surface area contributed by atoms with E-state index in [1.54, 1.807) is 33.7 Å². The highest BCUT2D eigenvalue weighted by Crippen LogP contribution is 2.43. The van der Waals surface area contributed by atoms with Crippen molar-refractivity contribution in [2.75, 3.05) is 41.1 Å². The number of carbonyl (C=O) groups excluding carboxylic acids is 1. The minimum absolute atomic E-state index is 0.188. The van der Waals surface area contributed by atoms with Crippen molar-refractivity contribution in [3.8, 4) is 28.4 Å². The molecule has 0 spiro atoms. The van der Waals surface area contributed by atoms with Crippen LogP contribution in [0.15, 0.2) is 41.0 Å². The monoisotopic (exact) mass is 453 g/mol. The van der Waals surface area contributed by atoms with Crippen molar-refractivity contribution in [3.05, 3.63) is 47.7 Å². The summed E-state index contributed by atoms with van der Waals surface area (Å²) in [6.07, 6.45) is 3.29. The minimum Gasteiger partial charge on any atom is -0.497 e. The Kier molecular flexibility index (Phi) is 8.01. The number of carbonyl (C=O) groups is 1. The van der Waals surface area contributed by atoms with Gasteiger partial charge < -0.3 is 28.7 Å². The molecule has 0 aliphatic carbocycles. The van der Waals surface area contributed by atoms with Crippen LogP contribution in [0.1, 0.15) is 25.0 Å². The summed E-state index contributed by atoms with van der Waals surface area (Å²) in [5, 5.41) is 3.71. The van der Waals surface area contributed by atoms with Crippen LogP contribution in [0.5, 0.6) is 17.2 Å². The smallest absolute Gasteiger partial charge is 0.244 e. The van der Waals surface area contributed by atoms with Gasteiger partial charge in [-0.3, -0.25) is 4.79 Å². The lowest BCUT2D eigenvalue weighted by Crippen LogP contribution is -2.25. The van der Waals surface area contributed by atoms with E-state index in [1.807, 2.05) is 45.0 Å². The number of amides is 1. The van der Waals surface area contributed by atoms with Crippen LogP contribution in [0.25, 0.3) is 27.7 Å². The fraction of sp³-hybridized carbons (Fsp3) is 0.346. The summed E-state index contributed by atoms with van der Waals surface area (Å²) in [4.78, 5) is 12.4. The van der Waals surface area contributed by atoms with Gasteiger partial charge >= 0.3 is 0 Å². The number of hydrogen-bond donors (Lipinski definition) is 1. The van der Waals surface area contributed by atoms with Crippen LogP contribution >= 0.6 is 0 Å². The largest absolute Gasteiger partial charge is 0.497 e. The quantitative estimate of drug-likeness (QED) is 0.344. The molecule has 2 aromatic carbocycles. The van der Waals surface area contributed by atoms with Gasteiger partial charge in [0.2, 0.25) is 5.91 Å². The summed E-state index contributed by atoms with van der Waals surface area (Å²) in [5.74, 6) is 1.93.